The number of carbonyl (C=O) groups is 1. The van der Waals surface area contributed by atoms with E-state index in [-0.39, 0.29) is 17.3 Å². The fourth-order valence-electron chi connectivity index (χ4n) is 0.749. The molecule has 0 aliphatic carbocycles. The minimum absolute atomic E-state index is 0.175. The molecule has 1 fully saturated rings. The zero-order valence-electron chi connectivity index (χ0n) is 4.70. The molecule has 1 saturated heterocycles. The van der Waals surface area contributed by atoms with Gasteiger partial charge in [0.2, 0.25) is 0 Å². The summed E-state index contributed by atoms with van der Waals surface area (Å²) in [4.78, 5) is 10.5. The second kappa shape index (κ2) is 1.78. The maximum atomic E-state index is 10.6. The number of ketones is 1. The van der Waals surface area contributed by atoms with Crippen LogP contribution < -0.4 is 5.73 Å². The number of nitrogens with two attached hydrogens (primary N) is 1. The van der Waals surface area contributed by atoms with Gasteiger partial charge in [-0.3, -0.25) is 4.79 Å². The quantitative estimate of drug-likeness (QED) is 0.446. The summed E-state index contributed by atoms with van der Waals surface area (Å²) in [6, 6.07) is -0.769. The molecule has 0 bridgehead atoms. The highest BCUT2D eigenvalue weighted by Crippen LogP contribution is 2.04. The molecule has 0 aromatic carbocycles. The highest BCUT2D eigenvalue weighted by molar-refractivity contribution is 7.92. The van der Waals surface area contributed by atoms with E-state index in [1.54, 1.807) is 0 Å². The Balaban J connectivity index is 2.90. The van der Waals surface area contributed by atoms with Gasteiger partial charge in [-0.1, -0.05) is 0 Å². The van der Waals surface area contributed by atoms with Gasteiger partial charge in [0.25, 0.3) is 0 Å². The lowest BCUT2D eigenvalue weighted by atomic mass is 10.3. The molecular weight excluding hydrogens is 142 g/mol. The minimum atomic E-state index is -3.12. The molecule has 1 heterocycles. The first-order valence-electron chi connectivity index (χ1n) is 2.50. The smallest absolute Gasteiger partial charge is 0.165 e. The van der Waals surface area contributed by atoms with Gasteiger partial charge in [-0.2, -0.15) is 0 Å². The lowest BCUT2D eigenvalue weighted by molar-refractivity contribution is -0.116. The number of sulfone groups is 1. The van der Waals surface area contributed by atoms with Crippen LogP contribution in [0.5, 0.6) is 0 Å². The topological polar surface area (TPSA) is 77.2 Å². The van der Waals surface area contributed by atoms with Crippen LogP contribution in [0, 0.1) is 0 Å². The first kappa shape index (κ1) is 6.70. The van der Waals surface area contributed by atoms with Crippen LogP contribution in [0.4, 0.5) is 0 Å². The maximum absolute atomic E-state index is 10.6. The zero-order valence-corrected chi connectivity index (χ0v) is 5.52. The molecule has 9 heavy (non-hydrogen) atoms. The highest BCUT2D eigenvalue weighted by Gasteiger charge is 2.32. The molecular formula is C4H7NO3S. The van der Waals surface area contributed by atoms with Crippen molar-refractivity contribution in [1.29, 1.82) is 0 Å². The average Bonchev–Trinajstić information content (AvgIpc) is 1.79. The van der Waals surface area contributed by atoms with Crippen molar-refractivity contribution in [1.82, 2.24) is 0 Å². The lowest BCUT2D eigenvalue weighted by Crippen LogP contribution is -2.28. The standard InChI is InChI=1S/C4H7NO3S/c5-3-1-9(7,8)2-4(3)6/h3H,1-2,5H2/t3-/m0/s1. The van der Waals surface area contributed by atoms with E-state index in [9.17, 15) is 13.2 Å². The van der Waals surface area contributed by atoms with Gasteiger partial charge in [0, 0.05) is 0 Å². The van der Waals surface area contributed by atoms with Crippen LogP contribution >= 0.6 is 0 Å². The van der Waals surface area contributed by atoms with Crippen molar-refractivity contribution in [2.45, 2.75) is 6.04 Å². The van der Waals surface area contributed by atoms with Crippen molar-refractivity contribution in [3.63, 3.8) is 0 Å². The molecule has 0 unspecified atom stereocenters. The molecule has 0 radical (unpaired) electrons. The molecule has 2 N–H and O–H groups in total. The number of hydrogen-bond acceptors (Lipinski definition) is 4. The van der Waals surface area contributed by atoms with Gasteiger partial charge >= 0.3 is 0 Å². The number of hydrogen-bond donors (Lipinski definition) is 1. The maximum Gasteiger partial charge on any atom is 0.165 e. The van der Waals surface area contributed by atoms with Crippen LogP contribution in [-0.2, 0) is 14.6 Å². The van der Waals surface area contributed by atoms with Crippen LogP contribution in [0.15, 0.2) is 0 Å². The Morgan fingerprint density at radius 2 is 2.11 bits per heavy atom. The lowest BCUT2D eigenvalue weighted by Gasteiger charge is -1.90. The third-order valence-corrected chi connectivity index (χ3v) is 2.80. The van der Waals surface area contributed by atoms with Crippen LogP contribution in [0.3, 0.4) is 0 Å². The Kier molecular flexibility index (Phi) is 1.32. The summed E-state index contributed by atoms with van der Waals surface area (Å²) in [6.45, 7) is 0. The summed E-state index contributed by atoms with van der Waals surface area (Å²) >= 11 is 0. The third kappa shape index (κ3) is 1.28. The summed E-state index contributed by atoms with van der Waals surface area (Å²) in [6.07, 6.45) is 0. The first-order chi connectivity index (χ1) is 4.01. The Bertz CT molecular complexity index is 230. The zero-order chi connectivity index (χ0) is 7.07. The largest absolute Gasteiger partial charge is 0.321 e. The van der Waals surface area contributed by atoms with E-state index in [0.717, 1.165) is 0 Å². The Labute approximate surface area is 53.0 Å². The SMILES string of the molecule is N[C@H]1CS(=O)(=O)CC1=O. The van der Waals surface area contributed by atoms with Crippen LogP contribution in [0.2, 0.25) is 0 Å². The molecule has 5 heteroatoms. The second-order valence-corrected chi connectivity index (χ2v) is 4.24. The summed E-state index contributed by atoms with van der Waals surface area (Å²) in [7, 11) is -3.12. The molecule has 1 rings (SSSR count). The Morgan fingerprint density at radius 1 is 1.56 bits per heavy atom. The van der Waals surface area contributed by atoms with Crippen molar-refractivity contribution in [2.75, 3.05) is 11.5 Å². The van der Waals surface area contributed by atoms with Gasteiger partial charge in [-0.25, -0.2) is 8.42 Å². The van der Waals surface area contributed by atoms with Crippen molar-refractivity contribution < 1.29 is 13.2 Å². The molecule has 0 aromatic heterocycles. The van der Waals surface area contributed by atoms with Gasteiger partial charge in [0.05, 0.1) is 11.8 Å². The fourth-order valence-corrected chi connectivity index (χ4v) is 2.25. The normalized spacial score (nSPS) is 33.0. The Morgan fingerprint density at radius 3 is 2.22 bits per heavy atom. The monoisotopic (exact) mass is 149 g/mol. The van der Waals surface area contributed by atoms with E-state index in [0.29, 0.717) is 0 Å². The van der Waals surface area contributed by atoms with Crippen LogP contribution in [-0.4, -0.2) is 31.7 Å². The van der Waals surface area contributed by atoms with Gasteiger partial charge in [0.1, 0.15) is 5.75 Å². The van der Waals surface area contributed by atoms with Crippen molar-refractivity contribution >= 4 is 15.6 Å². The summed E-state index contributed by atoms with van der Waals surface area (Å²) in [5.41, 5.74) is 5.13. The molecule has 1 aliphatic heterocycles. The molecule has 1 aliphatic rings. The highest BCUT2D eigenvalue weighted by atomic mass is 32.2. The average molecular weight is 149 g/mol. The molecule has 1 atom stereocenters. The first-order valence-corrected chi connectivity index (χ1v) is 4.32. The van der Waals surface area contributed by atoms with Gasteiger partial charge in [-0.15, -0.1) is 0 Å². The van der Waals surface area contributed by atoms with Gasteiger partial charge < -0.3 is 5.73 Å². The molecule has 0 spiro atoms. The van der Waals surface area contributed by atoms with E-state index >= 15 is 0 Å². The van der Waals surface area contributed by atoms with E-state index in [2.05, 4.69) is 0 Å². The van der Waals surface area contributed by atoms with E-state index in [1.807, 2.05) is 0 Å². The second-order valence-electron chi connectivity index (χ2n) is 2.13. The third-order valence-electron chi connectivity index (χ3n) is 1.21. The van der Waals surface area contributed by atoms with Gasteiger partial charge in [0.15, 0.2) is 15.6 Å². The molecule has 0 aromatic rings. The molecule has 0 saturated carbocycles. The minimum Gasteiger partial charge on any atom is -0.321 e. The van der Waals surface area contributed by atoms with E-state index in [4.69, 9.17) is 5.73 Å². The molecule has 4 nitrogen and oxygen atoms in total. The van der Waals surface area contributed by atoms with Crippen LogP contribution in [0.25, 0.3) is 0 Å². The number of carbonyl (C=O) groups excluding carboxylic acids is 1. The molecule has 52 valence electrons. The summed E-state index contributed by atoms with van der Waals surface area (Å²) in [5, 5.41) is 0. The molecule has 0 amide bonds. The van der Waals surface area contributed by atoms with Gasteiger partial charge in [-0.05, 0) is 0 Å². The van der Waals surface area contributed by atoms with E-state index in [1.165, 1.54) is 0 Å². The Hall–Kier alpha value is -0.420. The number of Topliss-reactive ketones (excluding diaryl/α,β-unsaturated/α-hetero) is 1. The summed E-state index contributed by atoms with van der Waals surface area (Å²) in [5.74, 6) is -0.907. The van der Waals surface area contributed by atoms with Crippen molar-refractivity contribution in [3.05, 3.63) is 0 Å². The van der Waals surface area contributed by atoms with Crippen molar-refractivity contribution in [2.24, 2.45) is 5.73 Å². The van der Waals surface area contributed by atoms with Crippen molar-refractivity contribution in [3.8, 4) is 0 Å². The predicted octanol–water partition coefficient (Wildman–Crippen LogP) is -1.69. The number of rotatable bonds is 0. The fraction of sp³-hybridized carbons (Fsp3) is 0.750. The predicted molar refractivity (Wildman–Crippen MR) is 31.6 cm³/mol. The summed E-state index contributed by atoms with van der Waals surface area (Å²) < 4.78 is 21.1. The van der Waals surface area contributed by atoms with Crippen LogP contribution in [0.1, 0.15) is 0 Å². The van der Waals surface area contributed by atoms with E-state index < -0.39 is 15.9 Å².